The van der Waals surface area contributed by atoms with Crippen LogP contribution in [-0.4, -0.2) is 22.2 Å². The van der Waals surface area contributed by atoms with Gasteiger partial charge in [-0.3, -0.25) is 9.48 Å². The molecule has 0 atom stereocenters. The first-order chi connectivity index (χ1) is 10.8. The molecule has 22 heavy (non-hydrogen) atoms. The Kier molecular flexibility index (Phi) is 4.76. The molecule has 4 nitrogen and oxygen atoms in total. The summed E-state index contributed by atoms with van der Waals surface area (Å²) < 4.78 is 2.04. The number of hydrogen-bond donors (Lipinski definition) is 1. The molecule has 3 rings (SSSR count). The molecule has 118 valence electrons. The van der Waals surface area contributed by atoms with Crippen LogP contribution in [0.2, 0.25) is 0 Å². The van der Waals surface area contributed by atoms with Gasteiger partial charge in [0.1, 0.15) is 0 Å². The van der Waals surface area contributed by atoms with E-state index in [0.29, 0.717) is 0 Å². The third kappa shape index (κ3) is 3.32. The number of amides is 1. The summed E-state index contributed by atoms with van der Waals surface area (Å²) in [6.07, 6.45) is 8.68. The maximum absolute atomic E-state index is 12.1. The standard InChI is InChI=1S/C18H25N3O/c1-14-7-5-10-17-16(14)13-20-21(17)12-6-11-19-18(22)15-8-3-2-4-9-15/h5,7,10,13,15H,2-4,6,8-9,11-12H2,1H3,(H,19,22). The van der Waals surface area contributed by atoms with E-state index in [1.54, 1.807) is 0 Å². The quantitative estimate of drug-likeness (QED) is 0.860. The molecule has 1 aromatic heterocycles. The zero-order valence-corrected chi connectivity index (χ0v) is 13.3. The largest absolute Gasteiger partial charge is 0.356 e. The number of rotatable bonds is 5. The molecular formula is C18H25N3O. The van der Waals surface area contributed by atoms with Gasteiger partial charge in [0.25, 0.3) is 0 Å². The van der Waals surface area contributed by atoms with Crippen molar-refractivity contribution in [3.63, 3.8) is 0 Å². The average Bonchev–Trinajstić information content (AvgIpc) is 2.97. The minimum absolute atomic E-state index is 0.251. The van der Waals surface area contributed by atoms with Crippen LogP contribution in [0.25, 0.3) is 10.9 Å². The highest BCUT2D eigenvalue weighted by molar-refractivity contribution is 5.82. The summed E-state index contributed by atoms with van der Waals surface area (Å²) in [5.74, 6) is 0.503. The van der Waals surface area contributed by atoms with Crippen LogP contribution < -0.4 is 5.32 Å². The molecule has 1 heterocycles. The smallest absolute Gasteiger partial charge is 0.223 e. The van der Waals surface area contributed by atoms with Gasteiger partial charge in [0.05, 0.1) is 11.7 Å². The van der Waals surface area contributed by atoms with Crippen LogP contribution in [0.1, 0.15) is 44.1 Å². The number of benzene rings is 1. The lowest BCUT2D eigenvalue weighted by Gasteiger charge is -2.20. The Labute approximate surface area is 131 Å². The predicted molar refractivity (Wildman–Crippen MR) is 88.7 cm³/mol. The number of nitrogens with zero attached hydrogens (tertiary/aromatic N) is 2. The normalized spacial score (nSPS) is 16.0. The van der Waals surface area contributed by atoms with Gasteiger partial charge < -0.3 is 5.32 Å². The topological polar surface area (TPSA) is 46.9 Å². The zero-order valence-electron chi connectivity index (χ0n) is 13.3. The average molecular weight is 299 g/mol. The number of carbonyl (C=O) groups is 1. The summed E-state index contributed by atoms with van der Waals surface area (Å²) in [5.41, 5.74) is 2.44. The second-order valence-corrected chi connectivity index (χ2v) is 6.35. The van der Waals surface area contributed by atoms with Crippen LogP contribution in [0.3, 0.4) is 0 Å². The molecular weight excluding hydrogens is 274 g/mol. The van der Waals surface area contributed by atoms with Crippen molar-refractivity contribution in [3.05, 3.63) is 30.0 Å². The van der Waals surface area contributed by atoms with E-state index < -0.39 is 0 Å². The highest BCUT2D eigenvalue weighted by atomic mass is 16.1. The lowest BCUT2D eigenvalue weighted by atomic mass is 9.89. The lowest BCUT2D eigenvalue weighted by Crippen LogP contribution is -2.32. The monoisotopic (exact) mass is 299 g/mol. The molecule has 0 bridgehead atoms. The fraction of sp³-hybridized carbons (Fsp3) is 0.556. The molecule has 0 unspecified atom stereocenters. The Morgan fingerprint density at radius 1 is 1.32 bits per heavy atom. The number of aryl methyl sites for hydroxylation is 2. The Hall–Kier alpha value is -1.84. The van der Waals surface area contributed by atoms with Crippen LogP contribution in [0.15, 0.2) is 24.4 Å². The first-order valence-electron chi connectivity index (χ1n) is 8.44. The fourth-order valence-corrected chi connectivity index (χ4v) is 3.38. The number of nitrogens with one attached hydrogen (secondary N) is 1. The number of carbonyl (C=O) groups excluding carboxylic acids is 1. The highest BCUT2D eigenvalue weighted by Crippen LogP contribution is 2.23. The van der Waals surface area contributed by atoms with E-state index in [9.17, 15) is 4.79 Å². The molecule has 1 aliphatic rings. The van der Waals surface area contributed by atoms with E-state index in [4.69, 9.17) is 0 Å². The van der Waals surface area contributed by atoms with Crippen LogP contribution >= 0.6 is 0 Å². The molecule has 1 saturated carbocycles. The lowest BCUT2D eigenvalue weighted by molar-refractivity contribution is -0.125. The van der Waals surface area contributed by atoms with E-state index in [1.807, 2.05) is 10.9 Å². The number of aromatic nitrogens is 2. The number of fused-ring (bicyclic) bond motifs is 1. The minimum atomic E-state index is 0.251. The molecule has 1 amide bonds. The Bertz CT molecular complexity index is 641. The molecule has 0 spiro atoms. The van der Waals surface area contributed by atoms with Crippen molar-refractivity contribution >= 4 is 16.8 Å². The van der Waals surface area contributed by atoms with Crippen LogP contribution in [-0.2, 0) is 11.3 Å². The second kappa shape index (κ2) is 6.95. The van der Waals surface area contributed by atoms with Crippen molar-refractivity contribution in [2.45, 2.75) is 52.0 Å². The van der Waals surface area contributed by atoms with Crippen LogP contribution in [0.4, 0.5) is 0 Å². The third-order valence-electron chi connectivity index (χ3n) is 4.73. The molecule has 0 saturated heterocycles. The van der Waals surface area contributed by atoms with E-state index in [1.165, 1.54) is 35.7 Å². The molecule has 0 aliphatic heterocycles. The second-order valence-electron chi connectivity index (χ2n) is 6.35. The maximum atomic E-state index is 12.1. The van der Waals surface area contributed by atoms with Gasteiger partial charge in [-0.25, -0.2) is 0 Å². The molecule has 2 aromatic rings. The Morgan fingerprint density at radius 2 is 2.14 bits per heavy atom. The maximum Gasteiger partial charge on any atom is 0.223 e. The van der Waals surface area contributed by atoms with E-state index in [2.05, 4.69) is 35.5 Å². The molecule has 1 aromatic carbocycles. The van der Waals surface area contributed by atoms with Crippen molar-refractivity contribution in [1.82, 2.24) is 15.1 Å². The predicted octanol–water partition coefficient (Wildman–Crippen LogP) is 3.43. The summed E-state index contributed by atoms with van der Waals surface area (Å²) in [6, 6.07) is 6.29. The molecule has 4 heteroatoms. The molecule has 1 aliphatic carbocycles. The Morgan fingerprint density at radius 3 is 2.95 bits per heavy atom. The summed E-state index contributed by atoms with van der Waals surface area (Å²) >= 11 is 0. The van der Waals surface area contributed by atoms with Gasteiger partial charge in [-0.2, -0.15) is 5.10 Å². The summed E-state index contributed by atoms with van der Waals surface area (Å²) in [6.45, 7) is 3.69. The van der Waals surface area contributed by atoms with Crippen molar-refractivity contribution in [1.29, 1.82) is 0 Å². The summed E-state index contributed by atoms with van der Waals surface area (Å²) in [7, 11) is 0. The third-order valence-corrected chi connectivity index (χ3v) is 4.73. The highest BCUT2D eigenvalue weighted by Gasteiger charge is 2.20. The van der Waals surface area contributed by atoms with Crippen molar-refractivity contribution in [2.24, 2.45) is 5.92 Å². The van der Waals surface area contributed by atoms with Crippen LogP contribution in [0, 0.1) is 12.8 Å². The first-order valence-corrected chi connectivity index (χ1v) is 8.44. The van der Waals surface area contributed by atoms with Gasteiger partial charge in [0, 0.05) is 24.4 Å². The van der Waals surface area contributed by atoms with Crippen molar-refractivity contribution < 1.29 is 4.79 Å². The van der Waals surface area contributed by atoms with Gasteiger partial charge in [0.2, 0.25) is 5.91 Å². The van der Waals surface area contributed by atoms with Gasteiger partial charge in [-0.15, -0.1) is 0 Å². The number of hydrogen-bond acceptors (Lipinski definition) is 2. The minimum Gasteiger partial charge on any atom is -0.356 e. The van der Waals surface area contributed by atoms with Crippen LogP contribution in [0.5, 0.6) is 0 Å². The SMILES string of the molecule is Cc1cccc2c1cnn2CCCNC(=O)C1CCCCC1. The van der Waals surface area contributed by atoms with E-state index >= 15 is 0 Å². The fourth-order valence-electron chi connectivity index (χ4n) is 3.38. The molecule has 1 fully saturated rings. The van der Waals surface area contributed by atoms with Gasteiger partial charge in [-0.05, 0) is 37.8 Å². The van der Waals surface area contributed by atoms with E-state index in [0.717, 1.165) is 32.4 Å². The zero-order chi connectivity index (χ0) is 15.4. The van der Waals surface area contributed by atoms with Crippen molar-refractivity contribution in [2.75, 3.05) is 6.54 Å². The van der Waals surface area contributed by atoms with Gasteiger partial charge in [0.15, 0.2) is 0 Å². The Balaban J connectivity index is 1.48. The van der Waals surface area contributed by atoms with E-state index in [-0.39, 0.29) is 11.8 Å². The summed E-state index contributed by atoms with van der Waals surface area (Å²) in [5, 5.41) is 8.78. The molecule has 0 radical (unpaired) electrons. The first kappa shape index (κ1) is 15.1. The summed E-state index contributed by atoms with van der Waals surface area (Å²) in [4.78, 5) is 12.1. The molecule has 1 N–H and O–H groups in total. The van der Waals surface area contributed by atoms with Gasteiger partial charge >= 0.3 is 0 Å². The van der Waals surface area contributed by atoms with Crippen molar-refractivity contribution in [3.8, 4) is 0 Å². The van der Waals surface area contributed by atoms with Gasteiger partial charge in [-0.1, -0.05) is 31.4 Å².